The number of carbonyl (C=O) groups is 2. The van der Waals surface area contributed by atoms with Gasteiger partial charge in [0.25, 0.3) is 0 Å². The molecule has 0 bridgehead atoms. The number of aliphatic carboxylic acids is 1. The van der Waals surface area contributed by atoms with E-state index in [0.717, 1.165) is 0 Å². The van der Waals surface area contributed by atoms with E-state index < -0.39 is 5.97 Å². The Balaban J connectivity index is 0. The van der Waals surface area contributed by atoms with E-state index >= 15 is 0 Å². The predicted molar refractivity (Wildman–Crippen MR) is 27.6 cm³/mol. The standard InChI is InChI=1S/C5H8O3.Ag/c1-4(6)2-3-5(7)8;/h2-3H2,1H3,(H,7,8);. The molecule has 0 saturated heterocycles. The molecule has 0 heterocycles. The van der Waals surface area contributed by atoms with E-state index in [1.54, 1.807) is 0 Å². The maximum absolute atomic E-state index is 10.1. The maximum atomic E-state index is 10.1. The molecule has 0 amide bonds. The minimum absolute atomic E-state index is 0. The van der Waals surface area contributed by atoms with Crippen LogP contribution in [0.4, 0.5) is 0 Å². The number of ketones is 1. The molecule has 0 spiro atoms. The van der Waals surface area contributed by atoms with Gasteiger partial charge >= 0.3 is 5.97 Å². The summed E-state index contributed by atoms with van der Waals surface area (Å²) in [7, 11) is 0. The van der Waals surface area contributed by atoms with Crippen LogP contribution in [0.25, 0.3) is 0 Å². The summed E-state index contributed by atoms with van der Waals surface area (Å²) in [6.45, 7) is 1.38. The van der Waals surface area contributed by atoms with Crippen molar-refractivity contribution in [3.05, 3.63) is 0 Å². The third kappa shape index (κ3) is 11.4. The summed E-state index contributed by atoms with van der Waals surface area (Å²) in [5, 5.41) is 8.01. The topological polar surface area (TPSA) is 54.4 Å². The van der Waals surface area contributed by atoms with Crippen molar-refractivity contribution in [1.29, 1.82) is 0 Å². The first-order chi connectivity index (χ1) is 3.63. The Labute approximate surface area is 68.9 Å². The van der Waals surface area contributed by atoms with Crippen molar-refractivity contribution in [1.82, 2.24) is 0 Å². The number of Topliss-reactive ketones (excluding diaryl/α,β-unsaturated/α-hetero) is 1. The molecule has 1 N–H and O–H groups in total. The summed E-state index contributed by atoms with van der Waals surface area (Å²) in [5.41, 5.74) is 0. The monoisotopic (exact) mass is 223 g/mol. The van der Waals surface area contributed by atoms with E-state index in [9.17, 15) is 9.59 Å². The summed E-state index contributed by atoms with van der Waals surface area (Å²) in [4.78, 5) is 19.8. The Bertz CT molecular complexity index is 96.8. The van der Waals surface area contributed by atoms with Gasteiger partial charge < -0.3 is 9.90 Å². The quantitative estimate of drug-likeness (QED) is 0.707. The van der Waals surface area contributed by atoms with Crippen LogP contribution >= 0.6 is 0 Å². The SMILES string of the molecule is CC(=O)CCC(=O)O.[Ag]. The van der Waals surface area contributed by atoms with Crippen LogP contribution in [-0.2, 0) is 32.0 Å². The largest absolute Gasteiger partial charge is 0.481 e. The van der Waals surface area contributed by atoms with E-state index in [1.165, 1.54) is 6.92 Å². The van der Waals surface area contributed by atoms with Crippen LogP contribution in [0.3, 0.4) is 0 Å². The second-order valence-electron chi connectivity index (χ2n) is 1.60. The molecule has 0 saturated carbocycles. The van der Waals surface area contributed by atoms with Crippen molar-refractivity contribution >= 4 is 11.8 Å². The number of carbonyl (C=O) groups excluding carboxylic acids is 1. The fourth-order valence-corrected chi connectivity index (χ4v) is 0.283. The average Bonchev–Trinajstić information content (AvgIpc) is 1.61. The molecular weight excluding hydrogens is 216 g/mol. The van der Waals surface area contributed by atoms with Gasteiger partial charge in [-0.3, -0.25) is 4.79 Å². The van der Waals surface area contributed by atoms with Crippen LogP contribution in [0.1, 0.15) is 19.8 Å². The summed E-state index contributed by atoms with van der Waals surface area (Å²) in [6.07, 6.45) is 0.102. The van der Waals surface area contributed by atoms with Crippen LogP contribution in [0, 0.1) is 0 Å². The van der Waals surface area contributed by atoms with Crippen LogP contribution in [0.5, 0.6) is 0 Å². The molecule has 0 aromatic rings. The van der Waals surface area contributed by atoms with Crippen LogP contribution < -0.4 is 0 Å². The van der Waals surface area contributed by atoms with Crippen LogP contribution in [0.2, 0.25) is 0 Å². The zero-order valence-electron chi connectivity index (χ0n) is 4.98. The Morgan fingerprint density at radius 3 is 1.89 bits per heavy atom. The Morgan fingerprint density at radius 2 is 1.78 bits per heavy atom. The second kappa shape index (κ2) is 6.01. The van der Waals surface area contributed by atoms with E-state index in [-0.39, 0.29) is 41.0 Å². The van der Waals surface area contributed by atoms with E-state index in [4.69, 9.17) is 5.11 Å². The van der Waals surface area contributed by atoms with Crippen molar-refractivity contribution in [2.45, 2.75) is 19.8 Å². The molecule has 0 aromatic carbocycles. The first kappa shape index (κ1) is 11.6. The summed E-state index contributed by atoms with van der Waals surface area (Å²) in [5.74, 6) is -0.993. The molecule has 0 atom stereocenters. The van der Waals surface area contributed by atoms with Gasteiger partial charge in [0, 0.05) is 28.8 Å². The van der Waals surface area contributed by atoms with E-state index in [2.05, 4.69) is 0 Å². The molecule has 0 rings (SSSR count). The minimum atomic E-state index is -0.916. The zero-order valence-corrected chi connectivity index (χ0v) is 6.46. The molecule has 3 nitrogen and oxygen atoms in total. The van der Waals surface area contributed by atoms with Gasteiger partial charge in [-0.25, -0.2) is 0 Å². The van der Waals surface area contributed by atoms with Gasteiger partial charge in [0.1, 0.15) is 5.78 Å². The summed E-state index contributed by atoms with van der Waals surface area (Å²) < 4.78 is 0. The summed E-state index contributed by atoms with van der Waals surface area (Å²) >= 11 is 0. The molecular formula is C5H8AgO3. The van der Waals surface area contributed by atoms with Gasteiger partial charge in [-0.05, 0) is 6.92 Å². The molecule has 0 aromatic heterocycles. The third-order valence-corrected chi connectivity index (χ3v) is 0.691. The Kier molecular flexibility index (Phi) is 7.78. The zero-order chi connectivity index (χ0) is 6.57. The molecule has 57 valence electrons. The predicted octanol–water partition coefficient (Wildman–Crippen LogP) is 0.438. The van der Waals surface area contributed by atoms with Crippen molar-refractivity contribution < 1.29 is 37.1 Å². The van der Waals surface area contributed by atoms with Gasteiger partial charge in [-0.15, -0.1) is 0 Å². The molecule has 0 unspecified atom stereocenters. The minimum Gasteiger partial charge on any atom is -0.481 e. The van der Waals surface area contributed by atoms with Gasteiger partial charge in [0.05, 0.1) is 6.42 Å². The number of carboxylic acids is 1. The molecule has 0 aliphatic carbocycles. The number of carboxylic acid groups (broad SMARTS) is 1. The van der Waals surface area contributed by atoms with Gasteiger partial charge in [-0.1, -0.05) is 0 Å². The number of hydrogen-bond donors (Lipinski definition) is 1. The van der Waals surface area contributed by atoms with Gasteiger partial charge in [0.2, 0.25) is 0 Å². The Morgan fingerprint density at radius 1 is 1.33 bits per heavy atom. The normalized spacial score (nSPS) is 7.67. The molecule has 0 fully saturated rings. The van der Waals surface area contributed by atoms with Crippen LogP contribution in [-0.4, -0.2) is 16.9 Å². The Hall–Kier alpha value is -0.120. The first-order valence-corrected chi connectivity index (χ1v) is 2.34. The second-order valence-corrected chi connectivity index (χ2v) is 1.60. The average molecular weight is 224 g/mol. The molecule has 0 aliphatic heterocycles. The molecule has 0 aliphatic rings. The first-order valence-electron chi connectivity index (χ1n) is 2.34. The number of hydrogen-bond acceptors (Lipinski definition) is 2. The fraction of sp³-hybridized carbons (Fsp3) is 0.600. The third-order valence-electron chi connectivity index (χ3n) is 0.691. The van der Waals surface area contributed by atoms with Crippen molar-refractivity contribution in [3.8, 4) is 0 Å². The van der Waals surface area contributed by atoms with Crippen molar-refractivity contribution in [3.63, 3.8) is 0 Å². The van der Waals surface area contributed by atoms with E-state index in [0.29, 0.717) is 0 Å². The molecule has 1 radical (unpaired) electrons. The van der Waals surface area contributed by atoms with Gasteiger partial charge in [0.15, 0.2) is 0 Å². The van der Waals surface area contributed by atoms with Crippen molar-refractivity contribution in [2.75, 3.05) is 0 Å². The number of rotatable bonds is 3. The molecule has 9 heavy (non-hydrogen) atoms. The maximum Gasteiger partial charge on any atom is 0.303 e. The van der Waals surface area contributed by atoms with Gasteiger partial charge in [-0.2, -0.15) is 0 Å². The van der Waals surface area contributed by atoms with E-state index in [1.807, 2.05) is 0 Å². The molecule has 4 heteroatoms. The summed E-state index contributed by atoms with van der Waals surface area (Å²) in [6, 6.07) is 0. The van der Waals surface area contributed by atoms with Crippen molar-refractivity contribution in [2.24, 2.45) is 0 Å². The van der Waals surface area contributed by atoms with Crippen LogP contribution in [0.15, 0.2) is 0 Å². The smallest absolute Gasteiger partial charge is 0.303 e. The fourth-order valence-electron chi connectivity index (χ4n) is 0.283.